The van der Waals surface area contributed by atoms with Crippen LogP contribution in [0.4, 0.5) is 0 Å². The molecule has 1 N–H and O–H groups in total. The number of hydrogen-bond acceptors (Lipinski definition) is 3. The summed E-state index contributed by atoms with van der Waals surface area (Å²) in [7, 11) is 1.85. The molecule has 0 unspecified atom stereocenters. The van der Waals surface area contributed by atoms with Crippen LogP contribution in [0.3, 0.4) is 0 Å². The van der Waals surface area contributed by atoms with Crippen LogP contribution in [0.1, 0.15) is 40.0 Å². The van der Waals surface area contributed by atoms with Gasteiger partial charge in [0.2, 0.25) is 0 Å². The summed E-state index contributed by atoms with van der Waals surface area (Å²) in [5, 5.41) is 7.30. The van der Waals surface area contributed by atoms with Crippen LogP contribution in [-0.4, -0.2) is 35.4 Å². The van der Waals surface area contributed by atoms with E-state index in [0.29, 0.717) is 12.1 Å². The van der Waals surface area contributed by atoms with E-state index < -0.39 is 0 Å². The van der Waals surface area contributed by atoms with E-state index in [1.54, 1.807) is 10.9 Å². The number of aromatic nitrogens is 2. The quantitative estimate of drug-likeness (QED) is 0.939. The molecule has 1 fully saturated rings. The standard InChI is InChI=1S/C19H25N3O2/c1-14-6-4-5-7-17(14)19(8-10-24-11-9-19)13-20-18(23)16-12-21-22(3)15(16)2/h4-7,12H,8-11,13H2,1-3H3,(H,20,23). The highest BCUT2D eigenvalue weighted by molar-refractivity contribution is 5.95. The van der Waals surface area contributed by atoms with Crippen molar-refractivity contribution in [3.8, 4) is 0 Å². The lowest BCUT2D eigenvalue weighted by Gasteiger charge is -2.39. The maximum Gasteiger partial charge on any atom is 0.254 e. The van der Waals surface area contributed by atoms with Crippen LogP contribution in [-0.2, 0) is 17.2 Å². The van der Waals surface area contributed by atoms with Crippen LogP contribution in [0.15, 0.2) is 30.5 Å². The lowest BCUT2D eigenvalue weighted by atomic mass is 9.72. The van der Waals surface area contributed by atoms with Crippen molar-refractivity contribution in [2.45, 2.75) is 32.1 Å². The van der Waals surface area contributed by atoms with Crippen LogP contribution in [0.25, 0.3) is 0 Å². The van der Waals surface area contributed by atoms with E-state index in [1.165, 1.54) is 11.1 Å². The molecule has 0 saturated carbocycles. The third-order valence-corrected chi connectivity index (χ3v) is 5.23. The van der Waals surface area contributed by atoms with Gasteiger partial charge in [-0.05, 0) is 37.8 Å². The molecule has 5 nitrogen and oxygen atoms in total. The molecule has 0 spiro atoms. The van der Waals surface area contributed by atoms with E-state index in [9.17, 15) is 4.79 Å². The summed E-state index contributed by atoms with van der Waals surface area (Å²) in [6.45, 7) is 6.13. The molecule has 1 aromatic carbocycles. The zero-order valence-electron chi connectivity index (χ0n) is 14.6. The molecule has 0 bridgehead atoms. The minimum Gasteiger partial charge on any atom is -0.381 e. The zero-order chi connectivity index (χ0) is 17.2. The minimum absolute atomic E-state index is 0.0555. The second kappa shape index (κ2) is 6.77. The van der Waals surface area contributed by atoms with Gasteiger partial charge in [0.25, 0.3) is 5.91 Å². The number of hydrogen-bond donors (Lipinski definition) is 1. The topological polar surface area (TPSA) is 56.2 Å². The van der Waals surface area contributed by atoms with Crippen molar-refractivity contribution < 1.29 is 9.53 Å². The fourth-order valence-corrected chi connectivity index (χ4v) is 3.54. The second-order valence-electron chi connectivity index (χ2n) is 6.66. The van der Waals surface area contributed by atoms with Crippen molar-refractivity contribution in [1.29, 1.82) is 0 Å². The highest BCUT2D eigenvalue weighted by atomic mass is 16.5. The van der Waals surface area contributed by atoms with Gasteiger partial charge in [-0.3, -0.25) is 9.48 Å². The maximum absolute atomic E-state index is 12.6. The van der Waals surface area contributed by atoms with Crippen molar-refractivity contribution in [3.63, 3.8) is 0 Å². The minimum atomic E-state index is -0.0602. The van der Waals surface area contributed by atoms with Crippen LogP contribution in [0.5, 0.6) is 0 Å². The van der Waals surface area contributed by atoms with Gasteiger partial charge in [0, 0.05) is 37.9 Å². The third-order valence-electron chi connectivity index (χ3n) is 5.23. The van der Waals surface area contributed by atoms with Crippen LogP contribution < -0.4 is 5.32 Å². The number of carbonyl (C=O) groups excluding carboxylic acids is 1. The van der Waals surface area contributed by atoms with Crippen molar-refractivity contribution in [1.82, 2.24) is 15.1 Å². The van der Waals surface area contributed by atoms with E-state index in [4.69, 9.17) is 4.74 Å². The molecule has 1 aliphatic heterocycles. The molecule has 1 aliphatic rings. The number of amides is 1. The number of benzene rings is 1. The summed E-state index contributed by atoms with van der Waals surface area (Å²) < 4.78 is 7.30. The fourth-order valence-electron chi connectivity index (χ4n) is 3.54. The average Bonchev–Trinajstić information content (AvgIpc) is 2.93. The van der Waals surface area contributed by atoms with E-state index in [0.717, 1.165) is 31.7 Å². The number of nitrogens with zero attached hydrogens (tertiary/aromatic N) is 2. The first kappa shape index (κ1) is 16.7. The fraction of sp³-hybridized carbons (Fsp3) is 0.474. The molecule has 1 aromatic heterocycles. The normalized spacial score (nSPS) is 16.8. The summed E-state index contributed by atoms with van der Waals surface area (Å²) in [6.07, 6.45) is 3.48. The van der Waals surface area contributed by atoms with Gasteiger partial charge in [-0.2, -0.15) is 5.10 Å². The van der Waals surface area contributed by atoms with Crippen molar-refractivity contribution in [2.24, 2.45) is 7.05 Å². The van der Waals surface area contributed by atoms with Gasteiger partial charge in [-0.25, -0.2) is 0 Å². The highest BCUT2D eigenvalue weighted by Crippen LogP contribution is 2.36. The third kappa shape index (κ3) is 3.08. The molecule has 24 heavy (non-hydrogen) atoms. The number of carbonyl (C=O) groups is 1. The SMILES string of the molecule is Cc1ccccc1C1(CNC(=O)c2cnn(C)c2C)CCOCC1. The summed E-state index contributed by atoms with van der Waals surface area (Å²) >= 11 is 0. The number of nitrogens with one attached hydrogen (secondary N) is 1. The zero-order valence-corrected chi connectivity index (χ0v) is 14.6. The summed E-state index contributed by atoms with van der Waals surface area (Å²) in [4.78, 5) is 12.6. The molecule has 3 rings (SSSR count). The Hall–Kier alpha value is -2.14. The van der Waals surface area contributed by atoms with Gasteiger partial charge in [0.05, 0.1) is 11.8 Å². The first-order chi connectivity index (χ1) is 11.5. The Balaban J connectivity index is 1.82. The Kier molecular flexibility index (Phi) is 4.71. The molecule has 2 heterocycles. The van der Waals surface area contributed by atoms with Gasteiger partial charge in [-0.15, -0.1) is 0 Å². The molecule has 1 saturated heterocycles. The van der Waals surface area contributed by atoms with Crippen LogP contribution in [0, 0.1) is 13.8 Å². The van der Waals surface area contributed by atoms with Crippen molar-refractivity contribution in [3.05, 3.63) is 52.8 Å². The Bertz CT molecular complexity index is 730. The highest BCUT2D eigenvalue weighted by Gasteiger charge is 2.36. The molecule has 5 heteroatoms. The van der Waals surface area contributed by atoms with E-state index in [1.807, 2.05) is 14.0 Å². The first-order valence-electron chi connectivity index (χ1n) is 8.44. The number of aryl methyl sites for hydroxylation is 2. The van der Waals surface area contributed by atoms with Crippen LogP contribution >= 0.6 is 0 Å². The second-order valence-corrected chi connectivity index (χ2v) is 6.66. The molecular weight excluding hydrogens is 302 g/mol. The molecule has 0 radical (unpaired) electrons. The molecule has 0 atom stereocenters. The van der Waals surface area contributed by atoms with Gasteiger partial charge >= 0.3 is 0 Å². The predicted octanol–water partition coefficient (Wildman–Crippen LogP) is 2.52. The lowest BCUT2D eigenvalue weighted by Crippen LogP contribution is -2.45. The molecule has 0 aliphatic carbocycles. The lowest BCUT2D eigenvalue weighted by molar-refractivity contribution is 0.0485. The Morgan fingerprint density at radius 3 is 2.62 bits per heavy atom. The first-order valence-corrected chi connectivity index (χ1v) is 8.44. The number of rotatable bonds is 4. The largest absolute Gasteiger partial charge is 0.381 e. The van der Waals surface area contributed by atoms with Gasteiger partial charge in [-0.1, -0.05) is 24.3 Å². The maximum atomic E-state index is 12.6. The molecule has 1 amide bonds. The van der Waals surface area contributed by atoms with Crippen LogP contribution in [0.2, 0.25) is 0 Å². The van der Waals surface area contributed by atoms with Gasteiger partial charge < -0.3 is 10.1 Å². The van der Waals surface area contributed by atoms with Gasteiger partial charge in [0.1, 0.15) is 0 Å². The predicted molar refractivity (Wildman–Crippen MR) is 93.2 cm³/mol. The smallest absolute Gasteiger partial charge is 0.254 e. The Morgan fingerprint density at radius 1 is 1.29 bits per heavy atom. The van der Waals surface area contributed by atoms with Gasteiger partial charge in [0.15, 0.2) is 0 Å². The summed E-state index contributed by atoms with van der Waals surface area (Å²) in [5.41, 5.74) is 4.05. The summed E-state index contributed by atoms with van der Waals surface area (Å²) in [6, 6.07) is 8.46. The Morgan fingerprint density at radius 2 is 2.00 bits per heavy atom. The number of ether oxygens (including phenoxy) is 1. The average molecular weight is 327 g/mol. The molecule has 128 valence electrons. The van der Waals surface area contributed by atoms with E-state index >= 15 is 0 Å². The van der Waals surface area contributed by atoms with E-state index in [-0.39, 0.29) is 11.3 Å². The molecular formula is C19H25N3O2. The monoisotopic (exact) mass is 327 g/mol. The van der Waals surface area contributed by atoms with E-state index in [2.05, 4.69) is 41.6 Å². The summed E-state index contributed by atoms with van der Waals surface area (Å²) in [5.74, 6) is -0.0555. The molecule has 2 aromatic rings. The Labute approximate surface area is 143 Å². The van der Waals surface area contributed by atoms with Crippen molar-refractivity contribution >= 4 is 5.91 Å². The van der Waals surface area contributed by atoms with Crippen molar-refractivity contribution in [2.75, 3.05) is 19.8 Å².